The summed E-state index contributed by atoms with van der Waals surface area (Å²) < 4.78 is 0. The molecule has 1 radical (unpaired) electrons. The second kappa shape index (κ2) is 9.36. The smallest absolute Gasteiger partial charge is 1.00 e. The molecule has 0 heterocycles. The van der Waals surface area contributed by atoms with Crippen LogP contribution in [0.2, 0.25) is 0 Å². The fraction of sp³-hybridized carbons (Fsp3) is 0. The van der Waals surface area contributed by atoms with Gasteiger partial charge in [0, 0.05) is 32.7 Å². The summed E-state index contributed by atoms with van der Waals surface area (Å²) >= 11 is 0. The predicted octanol–water partition coefficient (Wildman–Crippen LogP) is -2.66. The van der Waals surface area contributed by atoms with Crippen molar-refractivity contribution in [2.75, 3.05) is 0 Å². The van der Waals surface area contributed by atoms with Crippen molar-refractivity contribution in [1.29, 1.82) is 0 Å². The molecular weight excluding hydrogens is 156 g/mol. The van der Waals surface area contributed by atoms with Gasteiger partial charge in [0.25, 0.3) is 0 Å². The van der Waals surface area contributed by atoms with Gasteiger partial charge in [-0.15, -0.1) is 0 Å². The second-order valence-corrected chi connectivity index (χ2v) is 0.283. The van der Waals surface area contributed by atoms with Crippen molar-refractivity contribution in [2.45, 2.75) is 0 Å². The SMILES string of the molecule is O=C(O)O.[H-].[Li+].[Y]. The van der Waals surface area contributed by atoms with Gasteiger partial charge in [-0.2, -0.15) is 0 Å². The van der Waals surface area contributed by atoms with Gasteiger partial charge in [0.2, 0.25) is 0 Å². The third-order valence-electron chi connectivity index (χ3n) is 0. The monoisotopic (exact) mass is 159 g/mol. The summed E-state index contributed by atoms with van der Waals surface area (Å²) in [5.74, 6) is 0. The molecule has 0 fully saturated rings. The molecule has 2 N–H and O–H groups in total. The van der Waals surface area contributed by atoms with Crippen LogP contribution >= 0.6 is 0 Å². The van der Waals surface area contributed by atoms with E-state index in [1.807, 2.05) is 0 Å². The Labute approximate surface area is 73.7 Å². The molecule has 0 aromatic carbocycles. The van der Waals surface area contributed by atoms with Gasteiger partial charge in [-0.05, 0) is 0 Å². The molecule has 0 unspecified atom stereocenters. The van der Waals surface area contributed by atoms with Gasteiger partial charge < -0.3 is 11.6 Å². The summed E-state index contributed by atoms with van der Waals surface area (Å²) in [5, 5.41) is 13.9. The molecule has 0 aromatic heterocycles. The molecule has 0 rings (SSSR count). The summed E-state index contributed by atoms with van der Waals surface area (Å²) in [4.78, 5) is 8.56. The third-order valence-corrected chi connectivity index (χ3v) is 0. The molecule has 0 saturated heterocycles. The molecule has 0 bridgehead atoms. The summed E-state index contributed by atoms with van der Waals surface area (Å²) in [5.41, 5.74) is 0. The van der Waals surface area contributed by atoms with Crippen LogP contribution in [0.5, 0.6) is 0 Å². The molecule has 29 valence electrons. The predicted molar refractivity (Wildman–Crippen MR) is 11.8 cm³/mol. The average molecular weight is 159 g/mol. The average Bonchev–Trinajstić information content (AvgIpc) is 0.811. The fourth-order valence-corrected chi connectivity index (χ4v) is 0. The van der Waals surface area contributed by atoms with Crippen LogP contribution in [0.4, 0.5) is 4.79 Å². The van der Waals surface area contributed by atoms with Crippen molar-refractivity contribution in [3.8, 4) is 0 Å². The molecule has 5 heteroatoms. The quantitative estimate of drug-likeness (QED) is 0.379. The van der Waals surface area contributed by atoms with Crippen LogP contribution in [0.25, 0.3) is 0 Å². The Morgan fingerprint density at radius 3 is 1.50 bits per heavy atom. The van der Waals surface area contributed by atoms with Crippen molar-refractivity contribution >= 4 is 6.16 Å². The Morgan fingerprint density at radius 1 is 1.50 bits per heavy atom. The number of hydrogen-bond donors (Lipinski definition) is 2. The summed E-state index contributed by atoms with van der Waals surface area (Å²) in [7, 11) is 0. The van der Waals surface area contributed by atoms with Gasteiger partial charge in [0.05, 0.1) is 0 Å². The Hall–Kier alpha value is 0.971. The first-order valence-electron chi connectivity index (χ1n) is 0.651. The van der Waals surface area contributed by atoms with Crippen molar-refractivity contribution in [1.82, 2.24) is 0 Å². The zero-order chi connectivity index (χ0) is 3.58. The van der Waals surface area contributed by atoms with Crippen LogP contribution in [-0.4, -0.2) is 16.4 Å². The van der Waals surface area contributed by atoms with Crippen LogP contribution in [0.3, 0.4) is 0 Å². The largest absolute Gasteiger partial charge is 1.00 e. The topological polar surface area (TPSA) is 57.5 Å². The zero-order valence-corrected chi connectivity index (χ0v) is 6.22. The van der Waals surface area contributed by atoms with E-state index in [0.29, 0.717) is 0 Å². The first-order valence-corrected chi connectivity index (χ1v) is 0.651. The van der Waals surface area contributed by atoms with Crippen molar-refractivity contribution in [3.05, 3.63) is 0 Å². The number of rotatable bonds is 0. The standard InChI is InChI=1S/CH2O3.Li.Y.H/c2-1(3)4;;;/h(H2,2,3,4);;;/q;+1;;-1. The molecule has 0 spiro atoms. The van der Waals surface area contributed by atoms with E-state index in [4.69, 9.17) is 15.0 Å². The minimum Gasteiger partial charge on any atom is -1.00 e. The maximum Gasteiger partial charge on any atom is 1.00 e. The summed E-state index contributed by atoms with van der Waals surface area (Å²) in [6.07, 6.45) is -1.83. The molecular formula is CH3LiO3Y. The zero-order valence-electron chi connectivity index (χ0n) is 4.38. The molecule has 0 aliphatic heterocycles. The van der Waals surface area contributed by atoms with Crippen LogP contribution in [0.15, 0.2) is 0 Å². The Morgan fingerprint density at radius 2 is 1.50 bits per heavy atom. The molecule has 0 aliphatic carbocycles. The minimum atomic E-state index is -1.83. The normalized spacial score (nSPS) is 4.00. The summed E-state index contributed by atoms with van der Waals surface area (Å²) in [6.45, 7) is 0. The van der Waals surface area contributed by atoms with Crippen LogP contribution < -0.4 is 18.9 Å². The molecule has 3 nitrogen and oxygen atoms in total. The van der Waals surface area contributed by atoms with Gasteiger partial charge in [0.15, 0.2) is 0 Å². The van der Waals surface area contributed by atoms with E-state index in [2.05, 4.69) is 0 Å². The van der Waals surface area contributed by atoms with Crippen LogP contribution in [-0.2, 0) is 32.7 Å². The Bertz CT molecular complexity index is 37.9. The fourth-order valence-electron chi connectivity index (χ4n) is 0. The minimum absolute atomic E-state index is 0. The molecule has 0 amide bonds. The Kier molecular flexibility index (Phi) is 24.6. The van der Waals surface area contributed by atoms with Gasteiger partial charge in [-0.3, -0.25) is 0 Å². The van der Waals surface area contributed by atoms with E-state index in [1.165, 1.54) is 0 Å². The molecule has 0 saturated carbocycles. The van der Waals surface area contributed by atoms with E-state index >= 15 is 0 Å². The van der Waals surface area contributed by atoms with Crippen LogP contribution in [0.1, 0.15) is 1.43 Å². The molecule has 0 atom stereocenters. The maximum atomic E-state index is 8.56. The van der Waals surface area contributed by atoms with E-state index < -0.39 is 6.16 Å². The van der Waals surface area contributed by atoms with E-state index in [-0.39, 0.29) is 53.0 Å². The van der Waals surface area contributed by atoms with Crippen molar-refractivity contribution < 1.29 is 68.0 Å². The third kappa shape index (κ3) is 83.1. The molecule has 6 heavy (non-hydrogen) atoms. The van der Waals surface area contributed by atoms with E-state index in [9.17, 15) is 0 Å². The second-order valence-electron chi connectivity index (χ2n) is 0.283. The Balaban J connectivity index is -0.0000000150. The maximum absolute atomic E-state index is 8.56. The van der Waals surface area contributed by atoms with Crippen molar-refractivity contribution in [3.63, 3.8) is 0 Å². The van der Waals surface area contributed by atoms with Crippen LogP contribution in [0, 0.1) is 0 Å². The van der Waals surface area contributed by atoms with Gasteiger partial charge in [-0.25, -0.2) is 4.79 Å². The van der Waals surface area contributed by atoms with Crippen molar-refractivity contribution in [2.24, 2.45) is 0 Å². The first kappa shape index (κ1) is 15.8. The number of carbonyl (C=O) groups is 1. The number of hydrogen-bond acceptors (Lipinski definition) is 1. The van der Waals surface area contributed by atoms with E-state index in [0.717, 1.165) is 0 Å². The van der Waals surface area contributed by atoms with Gasteiger partial charge in [-0.1, -0.05) is 0 Å². The van der Waals surface area contributed by atoms with Gasteiger partial charge in [0.1, 0.15) is 0 Å². The molecule has 0 aromatic rings. The van der Waals surface area contributed by atoms with Gasteiger partial charge >= 0.3 is 25.0 Å². The summed E-state index contributed by atoms with van der Waals surface area (Å²) in [6, 6.07) is 0. The molecule has 0 aliphatic rings. The van der Waals surface area contributed by atoms with E-state index in [1.54, 1.807) is 0 Å². The number of carboxylic acid groups (broad SMARTS) is 2. The first-order chi connectivity index (χ1) is 1.73.